The van der Waals surface area contributed by atoms with E-state index in [-0.39, 0.29) is 6.04 Å². The molecule has 0 aromatic heterocycles. The van der Waals surface area contributed by atoms with Crippen molar-refractivity contribution in [2.75, 3.05) is 0 Å². The van der Waals surface area contributed by atoms with Gasteiger partial charge >= 0.3 is 0 Å². The quantitative estimate of drug-likeness (QED) is 0.866. The Hall–Kier alpha value is -1.60. The normalized spacial score (nSPS) is 12.4. The summed E-state index contributed by atoms with van der Waals surface area (Å²) in [5.41, 5.74) is 12.4. The summed E-state index contributed by atoms with van der Waals surface area (Å²) < 4.78 is 0. The molecule has 0 spiro atoms. The Kier molecular flexibility index (Phi) is 4.39. The molecule has 1 nitrogen and oxygen atoms in total. The zero-order valence-electron chi connectivity index (χ0n) is 12.1. The number of nitrogens with two attached hydrogens (primary N) is 1. The van der Waals surface area contributed by atoms with E-state index >= 15 is 0 Å². The maximum absolute atomic E-state index is 5.79. The van der Waals surface area contributed by atoms with Gasteiger partial charge in [0.2, 0.25) is 0 Å². The second-order valence-electron chi connectivity index (χ2n) is 5.51. The van der Waals surface area contributed by atoms with Gasteiger partial charge in [-0.3, -0.25) is 0 Å². The van der Waals surface area contributed by atoms with Crippen LogP contribution >= 0.6 is 0 Å². The van der Waals surface area contributed by atoms with Gasteiger partial charge in [0.25, 0.3) is 0 Å². The molecule has 0 fully saturated rings. The zero-order chi connectivity index (χ0) is 13.8. The molecule has 2 aromatic rings. The smallest absolute Gasteiger partial charge is 0.00136 e. The Morgan fingerprint density at radius 1 is 0.895 bits per heavy atom. The number of aryl methyl sites for hydroxylation is 3. The monoisotopic (exact) mass is 253 g/mol. The third kappa shape index (κ3) is 3.68. The highest BCUT2D eigenvalue weighted by atomic mass is 14.6. The molecule has 2 aromatic carbocycles. The predicted molar refractivity (Wildman–Crippen MR) is 83.3 cm³/mol. The number of benzene rings is 2. The summed E-state index contributed by atoms with van der Waals surface area (Å²) in [6.07, 6.45) is 2.11. The molecular weight excluding hydrogens is 230 g/mol. The van der Waals surface area contributed by atoms with Crippen molar-refractivity contribution in [3.8, 4) is 11.1 Å². The van der Waals surface area contributed by atoms with Gasteiger partial charge in [-0.15, -0.1) is 0 Å². The van der Waals surface area contributed by atoms with Crippen molar-refractivity contribution in [1.29, 1.82) is 0 Å². The summed E-state index contributed by atoms with van der Waals surface area (Å²) in [6, 6.07) is 15.8. The van der Waals surface area contributed by atoms with Crippen LogP contribution in [0.2, 0.25) is 0 Å². The highest BCUT2D eigenvalue weighted by molar-refractivity contribution is 5.65. The van der Waals surface area contributed by atoms with Gasteiger partial charge in [-0.1, -0.05) is 42.5 Å². The van der Waals surface area contributed by atoms with Crippen LogP contribution in [-0.4, -0.2) is 6.04 Å². The van der Waals surface area contributed by atoms with Gasteiger partial charge < -0.3 is 5.73 Å². The third-order valence-corrected chi connectivity index (χ3v) is 3.68. The molecule has 0 bridgehead atoms. The SMILES string of the molecule is Cc1ccc(-c2ccc(CCC(C)N)cc2)cc1C. The summed E-state index contributed by atoms with van der Waals surface area (Å²) in [7, 11) is 0. The summed E-state index contributed by atoms with van der Waals surface area (Å²) in [5, 5.41) is 0. The van der Waals surface area contributed by atoms with E-state index in [9.17, 15) is 0 Å². The molecular formula is C18H23N. The molecule has 0 aliphatic rings. The Labute approximate surface area is 116 Å². The Morgan fingerprint density at radius 3 is 2.11 bits per heavy atom. The van der Waals surface area contributed by atoms with Gasteiger partial charge in [0.15, 0.2) is 0 Å². The lowest BCUT2D eigenvalue weighted by Gasteiger charge is -2.08. The van der Waals surface area contributed by atoms with E-state index in [1.165, 1.54) is 27.8 Å². The predicted octanol–water partition coefficient (Wildman–Crippen LogP) is 4.25. The van der Waals surface area contributed by atoms with Crippen molar-refractivity contribution >= 4 is 0 Å². The molecule has 0 saturated carbocycles. The van der Waals surface area contributed by atoms with Crippen LogP contribution in [0.4, 0.5) is 0 Å². The second kappa shape index (κ2) is 6.03. The van der Waals surface area contributed by atoms with Gasteiger partial charge in [0.1, 0.15) is 0 Å². The van der Waals surface area contributed by atoms with Crippen molar-refractivity contribution in [2.24, 2.45) is 5.73 Å². The van der Waals surface area contributed by atoms with Crippen LogP contribution in [-0.2, 0) is 6.42 Å². The summed E-state index contributed by atoms with van der Waals surface area (Å²) in [4.78, 5) is 0. The summed E-state index contributed by atoms with van der Waals surface area (Å²) in [5.74, 6) is 0. The molecule has 0 aliphatic carbocycles. The lowest BCUT2D eigenvalue weighted by atomic mass is 9.98. The number of hydrogen-bond acceptors (Lipinski definition) is 1. The van der Waals surface area contributed by atoms with Crippen molar-refractivity contribution in [2.45, 2.75) is 39.7 Å². The highest BCUT2D eigenvalue weighted by Gasteiger charge is 2.01. The standard InChI is InChI=1S/C18H23N/c1-13-4-9-18(12-14(13)2)17-10-7-16(8-11-17)6-5-15(3)19/h4,7-12,15H,5-6,19H2,1-3H3. The first-order valence-electron chi connectivity index (χ1n) is 6.98. The number of hydrogen-bond donors (Lipinski definition) is 1. The van der Waals surface area contributed by atoms with Crippen LogP contribution in [0, 0.1) is 13.8 Å². The first kappa shape index (κ1) is 13.8. The summed E-state index contributed by atoms with van der Waals surface area (Å²) in [6.45, 7) is 6.37. The molecule has 1 atom stereocenters. The molecule has 0 radical (unpaired) electrons. The largest absolute Gasteiger partial charge is 0.328 e. The zero-order valence-corrected chi connectivity index (χ0v) is 12.1. The maximum atomic E-state index is 5.79. The third-order valence-electron chi connectivity index (χ3n) is 3.68. The van der Waals surface area contributed by atoms with E-state index in [2.05, 4.69) is 63.2 Å². The lowest BCUT2D eigenvalue weighted by Crippen LogP contribution is -2.15. The molecule has 2 rings (SSSR count). The van der Waals surface area contributed by atoms with E-state index in [0.717, 1.165) is 12.8 Å². The molecule has 1 unspecified atom stereocenters. The van der Waals surface area contributed by atoms with Crippen molar-refractivity contribution in [3.63, 3.8) is 0 Å². The van der Waals surface area contributed by atoms with Crippen LogP contribution in [0.15, 0.2) is 42.5 Å². The van der Waals surface area contributed by atoms with Crippen molar-refractivity contribution < 1.29 is 0 Å². The van der Waals surface area contributed by atoms with Gasteiger partial charge in [-0.25, -0.2) is 0 Å². The van der Waals surface area contributed by atoms with Gasteiger partial charge in [-0.2, -0.15) is 0 Å². The first-order chi connectivity index (χ1) is 9.06. The van der Waals surface area contributed by atoms with Gasteiger partial charge in [-0.05, 0) is 61.4 Å². The summed E-state index contributed by atoms with van der Waals surface area (Å²) >= 11 is 0. The van der Waals surface area contributed by atoms with Crippen molar-refractivity contribution in [3.05, 3.63) is 59.2 Å². The fraction of sp³-hybridized carbons (Fsp3) is 0.333. The minimum absolute atomic E-state index is 0.277. The second-order valence-corrected chi connectivity index (χ2v) is 5.51. The lowest BCUT2D eigenvalue weighted by molar-refractivity contribution is 0.666. The van der Waals surface area contributed by atoms with E-state index in [0.29, 0.717) is 0 Å². The minimum Gasteiger partial charge on any atom is -0.328 e. The van der Waals surface area contributed by atoms with Crippen LogP contribution in [0.5, 0.6) is 0 Å². The molecule has 0 amide bonds. The van der Waals surface area contributed by atoms with Gasteiger partial charge in [0, 0.05) is 6.04 Å². The van der Waals surface area contributed by atoms with Crippen LogP contribution in [0.3, 0.4) is 0 Å². The van der Waals surface area contributed by atoms with Crippen LogP contribution < -0.4 is 5.73 Å². The van der Waals surface area contributed by atoms with Gasteiger partial charge in [0.05, 0.1) is 0 Å². The Balaban J connectivity index is 2.15. The molecule has 0 aliphatic heterocycles. The van der Waals surface area contributed by atoms with E-state index < -0.39 is 0 Å². The molecule has 1 heteroatoms. The van der Waals surface area contributed by atoms with Crippen molar-refractivity contribution in [1.82, 2.24) is 0 Å². The molecule has 100 valence electrons. The van der Waals surface area contributed by atoms with E-state index in [4.69, 9.17) is 5.73 Å². The van der Waals surface area contributed by atoms with E-state index in [1.807, 2.05) is 0 Å². The average Bonchev–Trinajstić information content (AvgIpc) is 2.40. The number of rotatable bonds is 4. The fourth-order valence-corrected chi connectivity index (χ4v) is 2.18. The minimum atomic E-state index is 0.277. The fourth-order valence-electron chi connectivity index (χ4n) is 2.18. The Morgan fingerprint density at radius 2 is 1.53 bits per heavy atom. The van der Waals surface area contributed by atoms with E-state index in [1.54, 1.807) is 0 Å². The first-order valence-corrected chi connectivity index (χ1v) is 6.98. The van der Waals surface area contributed by atoms with Crippen LogP contribution in [0.25, 0.3) is 11.1 Å². The molecule has 19 heavy (non-hydrogen) atoms. The maximum Gasteiger partial charge on any atom is 0.00136 e. The average molecular weight is 253 g/mol. The topological polar surface area (TPSA) is 26.0 Å². The molecule has 0 saturated heterocycles. The molecule has 0 heterocycles. The van der Waals surface area contributed by atoms with Crippen LogP contribution in [0.1, 0.15) is 30.0 Å². The highest BCUT2D eigenvalue weighted by Crippen LogP contribution is 2.22. The Bertz CT molecular complexity index is 538. The molecule has 2 N–H and O–H groups in total.